The second kappa shape index (κ2) is 6.24. The lowest BCUT2D eigenvalue weighted by atomic mass is 9.98. The molecule has 3 nitrogen and oxygen atoms in total. The van der Waals surface area contributed by atoms with Gasteiger partial charge in [-0.25, -0.2) is 0 Å². The Labute approximate surface area is 107 Å². The molecule has 0 saturated heterocycles. The fourth-order valence-electron chi connectivity index (χ4n) is 1.86. The van der Waals surface area contributed by atoms with Crippen LogP contribution in [0.3, 0.4) is 0 Å². The minimum absolute atomic E-state index is 0.221. The van der Waals surface area contributed by atoms with Gasteiger partial charge in [-0.05, 0) is 49.4 Å². The normalized spacial score (nSPS) is 12.6. The summed E-state index contributed by atoms with van der Waals surface area (Å²) in [5.74, 6) is 0.787. The Hall–Kier alpha value is -0.770. The van der Waals surface area contributed by atoms with E-state index >= 15 is 0 Å². The van der Waals surface area contributed by atoms with E-state index in [1.165, 1.54) is 0 Å². The standard InChI is InChI=1S/C13H19ClO3/c1-8-6-12(17-3)11(9(2)13(8)14)5-4-10(16)7-15/h6,10,15-16H,4-5,7H2,1-3H3. The Morgan fingerprint density at radius 2 is 2.06 bits per heavy atom. The van der Waals surface area contributed by atoms with E-state index in [0.29, 0.717) is 12.8 Å². The lowest BCUT2D eigenvalue weighted by molar-refractivity contribution is 0.0884. The van der Waals surface area contributed by atoms with Crippen molar-refractivity contribution in [2.24, 2.45) is 0 Å². The van der Waals surface area contributed by atoms with Crippen molar-refractivity contribution >= 4 is 11.6 Å². The highest BCUT2D eigenvalue weighted by Crippen LogP contribution is 2.32. The second-order valence-corrected chi connectivity index (χ2v) is 4.57. The molecule has 0 fully saturated rings. The van der Waals surface area contributed by atoms with Crippen molar-refractivity contribution in [3.05, 3.63) is 27.8 Å². The van der Waals surface area contributed by atoms with Gasteiger partial charge in [0.2, 0.25) is 0 Å². The van der Waals surface area contributed by atoms with Crippen molar-refractivity contribution in [1.29, 1.82) is 0 Å². The lowest BCUT2D eigenvalue weighted by Crippen LogP contribution is -2.13. The zero-order valence-corrected chi connectivity index (χ0v) is 11.2. The average molecular weight is 259 g/mol. The van der Waals surface area contributed by atoms with Crippen LogP contribution in [-0.4, -0.2) is 30.0 Å². The van der Waals surface area contributed by atoms with Gasteiger partial charge < -0.3 is 14.9 Å². The topological polar surface area (TPSA) is 49.7 Å². The maximum atomic E-state index is 9.37. The zero-order chi connectivity index (χ0) is 13.0. The molecule has 2 N–H and O–H groups in total. The number of aliphatic hydroxyl groups excluding tert-OH is 2. The molecule has 1 unspecified atom stereocenters. The lowest BCUT2D eigenvalue weighted by Gasteiger charge is -2.16. The molecule has 96 valence electrons. The van der Waals surface area contributed by atoms with Gasteiger partial charge >= 0.3 is 0 Å². The third kappa shape index (κ3) is 3.35. The average Bonchev–Trinajstić information content (AvgIpc) is 2.33. The smallest absolute Gasteiger partial charge is 0.122 e. The highest BCUT2D eigenvalue weighted by molar-refractivity contribution is 6.32. The van der Waals surface area contributed by atoms with Crippen LogP contribution in [0.25, 0.3) is 0 Å². The van der Waals surface area contributed by atoms with Crippen LogP contribution in [0.4, 0.5) is 0 Å². The van der Waals surface area contributed by atoms with Crippen LogP contribution in [0.15, 0.2) is 6.07 Å². The van der Waals surface area contributed by atoms with Crippen molar-refractivity contribution in [3.8, 4) is 5.75 Å². The molecule has 1 aromatic carbocycles. The Kier molecular flexibility index (Phi) is 5.25. The van der Waals surface area contributed by atoms with Crippen LogP contribution >= 0.6 is 11.6 Å². The number of ether oxygens (including phenoxy) is 1. The molecule has 1 aromatic rings. The molecule has 0 bridgehead atoms. The molecule has 0 amide bonds. The summed E-state index contributed by atoms with van der Waals surface area (Å²) in [6, 6.07) is 1.90. The summed E-state index contributed by atoms with van der Waals surface area (Å²) in [4.78, 5) is 0. The molecule has 0 spiro atoms. The quantitative estimate of drug-likeness (QED) is 0.852. The molecule has 0 saturated carbocycles. The van der Waals surface area contributed by atoms with Crippen LogP contribution in [0.5, 0.6) is 5.75 Å². The Morgan fingerprint density at radius 3 is 2.59 bits per heavy atom. The first-order chi connectivity index (χ1) is 8.01. The van der Waals surface area contributed by atoms with Crippen molar-refractivity contribution in [3.63, 3.8) is 0 Å². The summed E-state index contributed by atoms with van der Waals surface area (Å²) in [5, 5.41) is 18.9. The van der Waals surface area contributed by atoms with E-state index in [4.69, 9.17) is 21.4 Å². The molecule has 0 aliphatic carbocycles. The number of rotatable bonds is 5. The SMILES string of the molecule is COc1cc(C)c(Cl)c(C)c1CCC(O)CO. The van der Waals surface area contributed by atoms with E-state index in [-0.39, 0.29) is 6.61 Å². The predicted octanol–water partition coefficient (Wildman–Crippen LogP) is 2.25. The molecule has 4 heteroatoms. The number of methoxy groups -OCH3 is 1. The summed E-state index contributed by atoms with van der Waals surface area (Å²) in [5.41, 5.74) is 2.96. The third-order valence-corrected chi connectivity index (χ3v) is 3.51. The highest BCUT2D eigenvalue weighted by atomic mass is 35.5. The minimum atomic E-state index is -0.695. The maximum Gasteiger partial charge on any atom is 0.122 e. The monoisotopic (exact) mass is 258 g/mol. The van der Waals surface area contributed by atoms with E-state index in [0.717, 1.165) is 27.5 Å². The number of hydrogen-bond acceptors (Lipinski definition) is 3. The van der Waals surface area contributed by atoms with Gasteiger partial charge in [-0.2, -0.15) is 0 Å². The molecule has 0 aliphatic heterocycles. The van der Waals surface area contributed by atoms with E-state index in [1.54, 1.807) is 7.11 Å². The van der Waals surface area contributed by atoms with Crippen molar-refractivity contribution < 1.29 is 14.9 Å². The van der Waals surface area contributed by atoms with Crippen molar-refractivity contribution in [1.82, 2.24) is 0 Å². The fraction of sp³-hybridized carbons (Fsp3) is 0.538. The third-order valence-electron chi connectivity index (χ3n) is 2.93. The molecule has 1 rings (SSSR count). The number of hydrogen-bond donors (Lipinski definition) is 2. The summed E-state index contributed by atoms with van der Waals surface area (Å²) in [6.45, 7) is 3.66. The van der Waals surface area contributed by atoms with Gasteiger partial charge in [-0.1, -0.05) is 11.6 Å². The van der Waals surface area contributed by atoms with Crippen molar-refractivity contribution in [2.75, 3.05) is 13.7 Å². The van der Waals surface area contributed by atoms with E-state index in [1.807, 2.05) is 19.9 Å². The Morgan fingerprint density at radius 1 is 1.41 bits per heavy atom. The molecule has 0 radical (unpaired) electrons. The van der Waals surface area contributed by atoms with Crippen LogP contribution in [0.1, 0.15) is 23.1 Å². The first-order valence-corrected chi connectivity index (χ1v) is 6.00. The minimum Gasteiger partial charge on any atom is -0.496 e. The largest absolute Gasteiger partial charge is 0.496 e. The van der Waals surface area contributed by atoms with Crippen LogP contribution < -0.4 is 4.74 Å². The van der Waals surface area contributed by atoms with Gasteiger partial charge in [-0.15, -0.1) is 0 Å². The van der Waals surface area contributed by atoms with E-state index in [2.05, 4.69) is 0 Å². The molecular formula is C13H19ClO3. The summed E-state index contributed by atoms with van der Waals surface area (Å²) >= 11 is 6.19. The zero-order valence-electron chi connectivity index (χ0n) is 10.5. The van der Waals surface area contributed by atoms with Gasteiger partial charge in [0.1, 0.15) is 5.75 Å². The predicted molar refractivity (Wildman–Crippen MR) is 68.9 cm³/mol. The first-order valence-electron chi connectivity index (χ1n) is 5.62. The van der Waals surface area contributed by atoms with Crippen LogP contribution in [0.2, 0.25) is 5.02 Å². The molecule has 0 heterocycles. The van der Waals surface area contributed by atoms with Crippen LogP contribution in [0, 0.1) is 13.8 Å². The summed E-state index contributed by atoms with van der Waals surface area (Å²) in [7, 11) is 1.62. The van der Waals surface area contributed by atoms with Gasteiger partial charge in [0.25, 0.3) is 0 Å². The Balaban J connectivity index is 3.00. The molecule has 1 atom stereocenters. The summed E-state index contributed by atoms with van der Waals surface area (Å²) in [6.07, 6.45) is 0.434. The van der Waals surface area contributed by atoms with E-state index < -0.39 is 6.10 Å². The van der Waals surface area contributed by atoms with Crippen molar-refractivity contribution in [2.45, 2.75) is 32.8 Å². The number of aryl methyl sites for hydroxylation is 1. The maximum absolute atomic E-state index is 9.37. The molecule has 0 aliphatic rings. The van der Waals surface area contributed by atoms with Crippen LogP contribution in [-0.2, 0) is 6.42 Å². The van der Waals surface area contributed by atoms with Gasteiger partial charge in [0, 0.05) is 5.02 Å². The van der Waals surface area contributed by atoms with Gasteiger partial charge in [0.15, 0.2) is 0 Å². The van der Waals surface area contributed by atoms with Gasteiger partial charge in [-0.3, -0.25) is 0 Å². The molecule has 17 heavy (non-hydrogen) atoms. The molecule has 0 aromatic heterocycles. The Bertz CT molecular complexity index is 391. The van der Waals surface area contributed by atoms with E-state index in [9.17, 15) is 5.11 Å². The fourth-order valence-corrected chi connectivity index (χ4v) is 2.02. The highest BCUT2D eigenvalue weighted by Gasteiger charge is 2.14. The number of aliphatic hydroxyl groups is 2. The molecular weight excluding hydrogens is 240 g/mol. The number of halogens is 1. The van der Waals surface area contributed by atoms with Gasteiger partial charge in [0.05, 0.1) is 19.8 Å². The second-order valence-electron chi connectivity index (χ2n) is 4.19. The first kappa shape index (κ1) is 14.3. The summed E-state index contributed by atoms with van der Waals surface area (Å²) < 4.78 is 5.33. The number of benzene rings is 1.